The fourth-order valence-corrected chi connectivity index (χ4v) is 2.20. The molecule has 0 radical (unpaired) electrons. The summed E-state index contributed by atoms with van der Waals surface area (Å²) in [6.07, 6.45) is -3.20. The summed E-state index contributed by atoms with van der Waals surface area (Å²) >= 11 is 0. The molecule has 1 rings (SSSR count). The predicted octanol–water partition coefficient (Wildman–Crippen LogP) is 3.39. The average Bonchev–Trinajstić information content (AvgIpc) is 2.36. The van der Waals surface area contributed by atoms with E-state index >= 15 is 0 Å². The Hall–Kier alpha value is -1.07. The molecule has 1 aromatic carbocycles. The van der Waals surface area contributed by atoms with Crippen molar-refractivity contribution in [2.75, 3.05) is 26.7 Å². The molecule has 0 aromatic heterocycles. The number of alkyl halides is 3. The van der Waals surface area contributed by atoms with Crippen molar-refractivity contribution < 1.29 is 13.2 Å². The molecule has 0 aliphatic rings. The van der Waals surface area contributed by atoms with Crippen LogP contribution >= 0.6 is 0 Å². The lowest BCUT2D eigenvalue weighted by atomic mass is 10.0. The van der Waals surface area contributed by atoms with E-state index in [1.807, 2.05) is 31.2 Å². The highest BCUT2D eigenvalue weighted by molar-refractivity contribution is 5.25. The van der Waals surface area contributed by atoms with Gasteiger partial charge in [0.1, 0.15) is 0 Å². The molecule has 0 saturated heterocycles. The minimum atomic E-state index is -4.16. The Balaban J connectivity index is 2.72. The molecule has 2 nitrogen and oxygen atoms in total. The molecule has 0 spiro atoms. The van der Waals surface area contributed by atoms with Crippen molar-refractivity contribution in [2.24, 2.45) is 0 Å². The summed E-state index contributed by atoms with van der Waals surface area (Å²) in [5, 5.41) is 3.24. The molecule has 0 bridgehead atoms. The molecular formula is C15H23F3N2. The summed E-state index contributed by atoms with van der Waals surface area (Å²) in [5.41, 5.74) is 2.26. The summed E-state index contributed by atoms with van der Waals surface area (Å²) < 4.78 is 37.1. The number of hydrogen-bond acceptors (Lipinski definition) is 2. The van der Waals surface area contributed by atoms with Crippen LogP contribution in [0.2, 0.25) is 0 Å². The van der Waals surface area contributed by atoms with Crippen molar-refractivity contribution in [2.45, 2.75) is 32.5 Å². The first-order valence-electron chi connectivity index (χ1n) is 6.93. The van der Waals surface area contributed by atoms with Gasteiger partial charge in [-0.1, -0.05) is 38.1 Å². The van der Waals surface area contributed by atoms with Crippen molar-refractivity contribution in [3.63, 3.8) is 0 Å². The van der Waals surface area contributed by atoms with Gasteiger partial charge in [0.25, 0.3) is 0 Å². The molecule has 1 N–H and O–H groups in total. The van der Waals surface area contributed by atoms with Gasteiger partial charge in [-0.3, -0.25) is 4.90 Å². The van der Waals surface area contributed by atoms with E-state index in [9.17, 15) is 13.2 Å². The van der Waals surface area contributed by atoms with Crippen LogP contribution in [0.25, 0.3) is 0 Å². The first-order chi connectivity index (χ1) is 9.35. The van der Waals surface area contributed by atoms with Crippen LogP contribution in [-0.4, -0.2) is 37.8 Å². The second-order valence-electron chi connectivity index (χ2n) is 5.02. The molecule has 20 heavy (non-hydrogen) atoms. The lowest BCUT2D eigenvalue weighted by Gasteiger charge is -2.26. The van der Waals surface area contributed by atoms with Gasteiger partial charge in [-0.15, -0.1) is 0 Å². The molecule has 0 fully saturated rings. The maximum absolute atomic E-state index is 12.4. The second kappa shape index (κ2) is 7.64. The average molecular weight is 288 g/mol. The van der Waals surface area contributed by atoms with Crippen LogP contribution in [0.15, 0.2) is 24.3 Å². The van der Waals surface area contributed by atoms with Crippen molar-refractivity contribution >= 4 is 0 Å². The number of nitrogens with zero attached hydrogens (tertiary/aromatic N) is 1. The van der Waals surface area contributed by atoms with Crippen LogP contribution in [0.5, 0.6) is 0 Å². The van der Waals surface area contributed by atoms with Gasteiger partial charge in [0, 0.05) is 12.6 Å². The van der Waals surface area contributed by atoms with Crippen molar-refractivity contribution in [3.05, 3.63) is 35.4 Å². The number of rotatable bonds is 7. The molecule has 0 aliphatic carbocycles. The zero-order valence-corrected chi connectivity index (χ0v) is 12.3. The zero-order valence-electron chi connectivity index (χ0n) is 12.3. The SMILES string of the molecule is CCNC(CN(C)CC(F)(F)F)c1ccc(CC)cc1. The number of halogens is 3. The van der Waals surface area contributed by atoms with Gasteiger partial charge in [0.15, 0.2) is 0 Å². The quantitative estimate of drug-likeness (QED) is 0.827. The number of likely N-dealkylation sites (N-methyl/N-ethyl adjacent to an activating group) is 2. The smallest absolute Gasteiger partial charge is 0.309 e. The molecule has 114 valence electrons. The van der Waals surface area contributed by atoms with E-state index in [1.165, 1.54) is 17.5 Å². The van der Waals surface area contributed by atoms with Gasteiger partial charge < -0.3 is 5.32 Å². The first-order valence-corrected chi connectivity index (χ1v) is 6.93. The minimum absolute atomic E-state index is 0.0849. The highest BCUT2D eigenvalue weighted by Crippen LogP contribution is 2.19. The number of aryl methyl sites for hydroxylation is 1. The largest absolute Gasteiger partial charge is 0.401 e. The molecule has 0 amide bonds. The van der Waals surface area contributed by atoms with Crippen molar-refractivity contribution in [1.82, 2.24) is 10.2 Å². The number of benzene rings is 1. The fourth-order valence-electron chi connectivity index (χ4n) is 2.20. The highest BCUT2D eigenvalue weighted by atomic mass is 19.4. The van der Waals surface area contributed by atoms with E-state index in [0.717, 1.165) is 18.5 Å². The maximum Gasteiger partial charge on any atom is 0.401 e. The summed E-state index contributed by atoms with van der Waals surface area (Å²) in [5.74, 6) is 0. The molecule has 5 heteroatoms. The lowest BCUT2D eigenvalue weighted by Crippen LogP contribution is -2.38. The lowest BCUT2D eigenvalue weighted by molar-refractivity contribution is -0.143. The number of hydrogen-bond donors (Lipinski definition) is 1. The van der Waals surface area contributed by atoms with Crippen LogP contribution in [-0.2, 0) is 6.42 Å². The molecule has 0 heterocycles. The summed E-state index contributed by atoms with van der Waals surface area (Å²) in [6, 6.07) is 7.96. The first kappa shape index (κ1) is 17.0. The van der Waals surface area contributed by atoms with Gasteiger partial charge in [-0.2, -0.15) is 13.2 Å². The molecule has 1 aromatic rings. The van der Waals surface area contributed by atoms with E-state index in [2.05, 4.69) is 12.2 Å². The van der Waals surface area contributed by atoms with Crippen LogP contribution in [0.4, 0.5) is 13.2 Å². The fraction of sp³-hybridized carbons (Fsp3) is 0.600. The third-order valence-electron chi connectivity index (χ3n) is 3.18. The standard InChI is InChI=1S/C15H23F3N2/c1-4-12-6-8-13(9-7-12)14(19-5-2)10-20(3)11-15(16,17)18/h6-9,14,19H,4-5,10-11H2,1-3H3. The predicted molar refractivity (Wildman–Crippen MR) is 75.8 cm³/mol. The number of nitrogens with one attached hydrogen (secondary N) is 1. The van der Waals surface area contributed by atoms with Crippen LogP contribution < -0.4 is 5.32 Å². The van der Waals surface area contributed by atoms with Crippen LogP contribution in [0.3, 0.4) is 0 Å². The van der Waals surface area contributed by atoms with E-state index in [1.54, 1.807) is 0 Å². The highest BCUT2D eigenvalue weighted by Gasteiger charge is 2.30. The van der Waals surface area contributed by atoms with Crippen molar-refractivity contribution in [1.29, 1.82) is 0 Å². The third kappa shape index (κ3) is 5.92. The topological polar surface area (TPSA) is 15.3 Å². The van der Waals surface area contributed by atoms with Gasteiger partial charge in [-0.25, -0.2) is 0 Å². The summed E-state index contributed by atoms with van der Waals surface area (Å²) in [7, 11) is 1.50. The maximum atomic E-state index is 12.4. The molecule has 1 unspecified atom stereocenters. The van der Waals surface area contributed by atoms with E-state index in [4.69, 9.17) is 0 Å². The summed E-state index contributed by atoms with van der Waals surface area (Å²) in [6.45, 7) is 4.20. The van der Waals surface area contributed by atoms with E-state index in [0.29, 0.717) is 6.54 Å². The minimum Gasteiger partial charge on any atom is -0.309 e. The van der Waals surface area contributed by atoms with Crippen LogP contribution in [0.1, 0.15) is 31.0 Å². The van der Waals surface area contributed by atoms with E-state index < -0.39 is 12.7 Å². The normalized spacial score (nSPS) is 13.8. The molecule has 0 saturated carbocycles. The van der Waals surface area contributed by atoms with E-state index in [-0.39, 0.29) is 6.04 Å². The second-order valence-corrected chi connectivity index (χ2v) is 5.02. The molecule has 0 aliphatic heterocycles. The summed E-state index contributed by atoms with van der Waals surface area (Å²) in [4.78, 5) is 1.31. The monoisotopic (exact) mass is 288 g/mol. The van der Waals surface area contributed by atoms with Gasteiger partial charge in [-0.05, 0) is 31.1 Å². The Labute approximate surface area is 119 Å². The molecule has 1 atom stereocenters. The van der Waals surface area contributed by atoms with Crippen LogP contribution in [0, 0.1) is 0 Å². The Bertz CT molecular complexity index is 387. The van der Waals surface area contributed by atoms with Crippen molar-refractivity contribution in [3.8, 4) is 0 Å². The molecular weight excluding hydrogens is 265 g/mol. The van der Waals surface area contributed by atoms with Gasteiger partial charge in [0.05, 0.1) is 6.54 Å². The Morgan fingerprint density at radius 3 is 2.20 bits per heavy atom. The Morgan fingerprint density at radius 2 is 1.75 bits per heavy atom. The third-order valence-corrected chi connectivity index (χ3v) is 3.18. The zero-order chi connectivity index (χ0) is 15.2. The van der Waals surface area contributed by atoms with Gasteiger partial charge in [0.2, 0.25) is 0 Å². The Morgan fingerprint density at radius 1 is 1.15 bits per heavy atom. The Kier molecular flexibility index (Phi) is 6.49. The van der Waals surface area contributed by atoms with Gasteiger partial charge >= 0.3 is 6.18 Å².